The van der Waals surface area contributed by atoms with E-state index in [1.54, 1.807) is 7.11 Å². The summed E-state index contributed by atoms with van der Waals surface area (Å²) >= 11 is 7.00. The van der Waals surface area contributed by atoms with Crippen LogP contribution in [-0.4, -0.2) is 16.9 Å². The minimum absolute atomic E-state index is 0.664. The van der Waals surface area contributed by atoms with Gasteiger partial charge in [-0.1, -0.05) is 6.92 Å². The number of rotatable bonds is 5. The van der Waals surface area contributed by atoms with Crippen LogP contribution in [0.15, 0.2) is 21.1 Å². The molecule has 0 aliphatic carbocycles. The van der Waals surface area contributed by atoms with Crippen molar-refractivity contribution in [2.45, 2.75) is 26.8 Å². The molecule has 0 aliphatic heterocycles. The first-order valence-corrected chi connectivity index (χ1v) is 8.19. The van der Waals surface area contributed by atoms with E-state index in [1.807, 2.05) is 23.7 Å². The van der Waals surface area contributed by atoms with E-state index in [1.165, 1.54) is 0 Å². The zero-order valence-corrected chi connectivity index (χ0v) is 15.4. The van der Waals surface area contributed by atoms with E-state index in [9.17, 15) is 0 Å². The molecule has 0 saturated carbocycles. The van der Waals surface area contributed by atoms with Gasteiger partial charge in [0.2, 0.25) is 0 Å². The first-order chi connectivity index (χ1) is 9.97. The number of anilines is 3. The highest BCUT2D eigenvalue weighted by molar-refractivity contribution is 9.11. The maximum absolute atomic E-state index is 6.13. The van der Waals surface area contributed by atoms with Crippen LogP contribution in [0.25, 0.3) is 0 Å². The molecule has 1 heterocycles. The van der Waals surface area contributed by atoms with Crippen molar-refractivity contribution < 1.29 is 4.74 Å². The summed E-state index contributed by atoms with van der Waals surface area (Å²) in [6.45, 7) is 4.82. The third-order valence-corrected chi connectivity index (χ3v) is 4.38. The molecule has 1 aromatic heterocycles. The number of halogens is 2. The molecule has 2 rings (SSSR count). The van der Waals surface area contributed by atoms with Crippen molar-refractivity contribution in [3.63, 3.8) is 0 Å². The average Bonchev–Trinajstić information content (AvgIpc) is 2.69. The van der Waals surface area contributed by atoms with E-state index in [4.69, 9.17) is 10.5 Å². The van der Waals surface area contributed by atoms with Crippen LogP contribution >= 0.6 is 31.9 Å². The molecule has 21 heavy (non-hydrogen) atoms. The number of nitrogen functional groups attached to an aromatic ring is 1. The van der Waals surface area contributed by atoms with Gasteiger partial charge in [-0.15, -0.1) is 0 Å². The van der Waals surface area contributed by atoms with Gasteiger partial charge in [0.25, 0.3) is 0 Å². The topological polar surface area (TPSA) is 65.1 Å². The molecule has 0 saturated heterocycles. The predicted octanol–water partition coefficient (Wildman–Crippen LogP) is 4.46. The smallest absolute Gasteiger partial charge is 0.152 e. The average molecular weight is 418 g/mol. The first kappa shape index (κ1) is 16.2. The van der Waals surface area contributed by atoms with Crippen LogP contribution in [0, 0.1) is 6.92 Å². The van der Waals surface area contributed by atoms with Crippen LogP contribution in [0.3, 0.4) is 0 Å². The molecule has 0 unspecified atom stereocenters. The van der Waals surface area contributed by atoms with Gasteiger partial charge >= 0.3 is 0 Å². The normalized spacial score (nSPS) is 10.7. The molecule has 114 valence electrons. The third kappa shape index (κ3) is 3.35. The SMILES string of the molecule is CCCn1nc(C)c(N)c1Nc1cc(OC)c(Br)cc1Br. The van der Waals surface area contributed by atoms with Crippen molar-refractivity contribution in [2.24, 2.45) is 0 Å². The van der Waals surface area contributed by atoms with E-state index in [0.29, 0.717) is 5.69 Å². The van der Waals surface area contributed by atoms with Gasteiger partial charge in [-0.25, -0.2) is 4.68 Å². The lowest BCUT2D eigenvalue weighted by atomic mass is 10.3. The van der Waals surface area contributed by atoms with Gasteiger partial charge in [0.05, 0.1) is 28.7 Å². The molecular weight excluding hydrogens is 400 g/mol. The second-order valence-corrected chi connectivity index (χ2v) is 6.37. The minimum Gasteiger partial charge on any atom is -0.495 e. The highest BCUT2D eigenvalue weighted by Gasteiger charge is 2.15. The van der Waals surface area contributed by atoms with Crippen LogP contribution in [0.4, 0.5) is 17.2 Å². The number of aryl methyl sites for hydroxylation is 2. The fraction of sp³-hybridized carbons (Fsp3) is 0.357. The van der Waals surface area contributed by atoms with Crippen molar-refractivity contribution in [3.8, 4) is 5.75 Å². The summed E-state index contributed by atoms with van der Waals surface area (Å²) in [4.78, 5) is 0. The van der Waals surface area contributed by atoms with Crippen molar-refractivity contribution in [1.82, 2.24) is 9.78 Å². The Balaban J connectivity index is 2.42. The van der Waals surface area contributed by atoms with Gasteiger partial charge in [-0.05, 0) is 51.3 Å². The van der Waals surface area contributed by atoms with Crippen LogP contribution in [0.5, 0.6) is 5.75 Å². The Morgan fingerprint density at radius 2 is 2.05 bits per heavy atom. The first-order valence-electron chi connectivity index (χ1n) is 6.60. The number of aromatic nitrogens is 2. The summed E-state index contributed by atoms with van der Waals surface area (Å²) in [5.41, 5.74) is 8.49. The third-order valence-electron chi connectivity index (χ3n) is 3.10. The molecular formula is C14H18Br2N4O. The summed E-state index contributed by atoms with van der Waals surface area (Å²) in [5.74, 6) is 1.55. The van der Waals surface area contributed by atoms with Crippen LogP contribution < -0.4 is 15.8 Å². The Morgan fingerprint density at radius 3 is 2.67 bits per heavy atom. The van der Waals surface area contributed by atoms with E-state index < -0.39 is 0 Å². The molecule has 0 atom stereocenters. The zero-order chi connectivity index (χ0) is 15.6. The Bertz CT molecular complexity index is 655. The van der Waals surface area contributed by atoms with Crippen LogP contribution in [-0.2, 0) is 6.54 Å². The van der Waals surface area contributed by atoms with Crippen molar-refractivity contribution in [1.29, 1.82) is 0 Å². The lowest BCUT2D eigenvalue weighted by Gasteiger charge is -2.14. The predicted molar refractivity (Wildman–Crippen MR) is 93.3 cm³/mol. The fourth-order valence-corrected chi connectivity index (χ4v) is 3.26. The van der Waals surface area contributed by atoms with Crippen LogP contribution in [0.1, 0.15) is 19.0 Å². The minimum atomic E-state index is 0.664. The van der Waals surface area contributed by atoms with Gasteiger partial charge in [0.15, 0.2) is 5.82 Å². The van der Waals surface area contributed by atoms with Crippen LogP contribution in [0.2, 0.25) is 0 Å². The molecule has 0 spiro atoms. The number of nitrogens with zero attached hydrogens (tertiary/aromatic N) is 2. The highest BCUT2D eigenvalue weighted by Crippen LogP contribution is 2.37. The Hall–Kier alpha value is -1.21. The van der Waals surface area contributed by atoms with Gasteiger partial charge in [-0.2, -0.15) is 5.10 Å². The molecule has 0 radical (unpaired) electrons. The van der Waals surface area contributed by atoms with Crippen molar-refractivity contribution >= 4 is 49.1 Å². The second kappa shape index (κ2) is 6.70. The lowest BCUT2D eigenvalue weighted by Crippen LogP contribution is -2.06. The van der Waals surface area contributed by atoms with Gasteiger partial charge < -0.3 is 15.8 Å². The molecule has 0 fully saturated rings. The van der Waals surface area contributed by atoms with Gasteiger partial charge in [0, 0.05) is 17.1 Å². The van der Waals surface area contributed by atoms with Gasteiger partial charge in [-0.3, -0.25) is 0 Å². The summed E-state index contributed by atoms with van der Waals surface area (Å²) in [6, 6.07) is 3.84. The fourth-order valence-electron chi connectivity index (χ4n) is 2.01. The Labute approximate surface area is 141 Å². The molecule has 0 aliphatic rings. The number of nitrogens with one attached hydrogen (secondary N) is 1. The molecule has 5 nitrogen and oxygen atoms in total. The number of nitrogens with two attached hydrogens (primary N) is 1. The second-order valence-electron chi connectivity index (χ2n) is 4.66. The number of hydrogen-bond donors (Lipinski definition) is 2. The summed E-state index contributed by atoms with van der Waals surface area (Å²) in [6.07, 6.45) is 0.986. The highest BCUT2D eigenvalue weighted by atomic mass is 79.9. The number of hydrogen-bond acceptors (Lipinski definition) is 4. The van der Waals surface area contributed by atoms with E-state index >= 15 is 0 Å². The van der Waals surface area contributed by atoms with E-state index in [-0.39, 0.29) is 0 Å². The van der Waals surface area contributed by atoms with Crippen molar-refractivity contribution in [2.75, 3.05) is 18.2 Å². The monoisotopic (exact) mass is 416 g/mol. The van der Waals surface area contributed by atoms with Gasteiger partial charge in [0.1, 0.15) is 5.75 Å². The largest absolute Gasteiger partial charge is 0.495 e. The Morgan fingerprint density at radius 1 is 1.33 bits per heavy atom. The zero-order valence-electron chi connectivity index (χ0n) is 12.2. The molecule has 1 aromatic carbocycles. The standard InChI is InChI=1S/C14H18Br2N4O/c1-4-5-20-14(13(17)8(2)19-20)18-11-7-12(21-3)10(16)6-9(11)15/h6-7,18H,4-5,17H2,1-3H3. The molecule has 0 bridgehead atoms. The van der Waals surface area contributed by atoms with E-state index in [0.717, 1.165) is 44.9 Å². The number of benzene rings is 1. The quantitative estimate of drug-likeness (QED) is 0.753. The summed E-state index contributed by atoms with van der Waals surface area (Å²) < 4.78 is 9.02. The summed E-state index contributed by atoms with van der Waals surface area (Å²) in [5, 5.41) is 7.80. The van der Waals surface area contributed by atoms with E-state index in [2.05, 4.69) is 49.2 Å². The lowest BCUT2D eigenvalue weighted by molar-refractivity contribution is 0.412. The van der Waals surface area contributed by atoms with Crippen molar-refractivity contribution in [3.05, 3.63) is 26.8 Å². The number of ether oxygens (including phenoxy) is 1. The molecule has 0 amide bonds. The Kier molecular flexibility index (Phi) is 5.16. The molecule has 7 heteroatoms. The molecule has 2 aromatic rings. The maximum atomic E-state index is 6.13. The summed E-state index contributed by atoms with van der Waals surface area (Å²) in [7, 11) is 1.64. The number of methoxy groups -OCH3 is 1. The molecule has 3 N–H and O–H groups in total. The maximum Gasteiger partial charge on any atom is 0.152 e.